The molecule has 0 saturated carbocycles. The zero-order chi connectivity index (χ0) is 14.2. The van der Waals surface area contributed by atoms with Crippen molar-refractivity contribution in [1.82, 2.24) is 0 Å². The molecule has 1 aromatic rings. The van der Waals surface area contributed by atoms with Gasteiger partial charge in [0.25, 0.3) is 0 Å². The number of benzene rings is 1. The lowest BCUT2D eigenvalue weighted by Gasteiger charge is -2.32. The van der Waals surface area contributed by atoms with Gasteiger partial charge in [-0.2, -0.15) is 0 Å². The standard InChI is InChI=1S/C14H18BrNO3/c1-9-10(15)5-6-11-12(9)16(7-8-18-11)13(17)19-14(2,3)4/h5-6H,7-8H2,1-4H3. The zero-order valence-corrected chi connectivity index (χ0v) is 13.2. The largest absolute Gasteiger partial charge is 0.490 e. The van der Waals surface area contributed by atoms with E-state index >= 15 is 0 Å². The minimum atomic E-state index is -0.504. The van der Waals surface area contributed by atoms with Crippen LogP contribution in [0.1, 0.15) is 26.3 Å². The Morgan fingerprint density at radius 2 is 2.11 bits per heavy atom. The van der Waals surface area contributed by atoms with Crippen LogP contribution in [0, 0.1) is 6.92 Å². The van der Waals surface area contributed by atoms with Gasteiger partial charge in [0.05, 0.1) is 12.2 Å². The molecule has 1 aliphatic rings. The van der Waals surface area contributed by atoms with Crippen LogP contribution in [0.4, 0.5) is 10.5 Å². The Hall–Kier alpha value is -1.23. The van der Waals surface area contributed by atoms with E-state index in [4.69, 9.17) is 9.47 Å². The predicted molar refractivity (Wildman–Crippen MR) is 78.0 cm³/mol. The van der Waals surface area contributed by atoms with E-state index in [-0.39, 0.29) is 6.09 Å². The van der Waals surface area contributed by atoms with Crippen LogP contribution in [0.2, 0.25) is 0 Å². The quantitative estimate of drug-likeness (QED) is 0.725. The van der Waals surface area contributed by atoms with E-state index < -0.39 is 5.60 Å². The van der Waals surface area contributed by atoms with E-state index in [0.717, 1.165) is 21.5 Å². The number of hydrogen-bond donors (Lipinski definition) is 0. The molecule has 1 heterocycles. The molecule has 1 amide bonds. The summed E-state index contributed by atoms with van der Waals surface area (Å²) in [7, 11) is 0. The molecule has 0 saturated heterocycles. The number of rotatable bonds is 0. The molecule has 104 valence electrons. The smallest absolute Gasteiger partial charge is 0.415 e. The van der Waals surface area contributed by atoms with E-state index in [9.17, 15) is 4.79 Å². The van der Waals surface area contributed by atoms with Gasteiger partial charge in [-0.05, 0) is 45.4 Å². The molecular formula is C14H18BrNO3. The summed E-state index contributed by atoms with van der Waals surface area (Å²) in [5.41, 5.74) is 1.26. The molecule has 0 aliphatic carbocycles. The number of carbonyl (C=O) groups is 1. The highest BCUT2D eigenvalue weighted by Crippen LogP contribution is 2.39. The van der Waals surface area contributed by atoms with Crippen molar-refractivity contribution in [2.75, 3.05) is 18.1 Å². The number of nitrogens with zero attached hydrogens (tertiary/aromatic N) is 1. The molecule has 0 radical (unpaired) electrons. The lowest BCUT2D eigenvalue weighted by atomic mass is 10.1. The van der Waals surface area contributed by atoms with Gasteiger partial charge < -0.3 is 9.47 Å². The number of ether oxygens (including phenoxy) is 2. The second-order valence-corrected chi connectivity index (χ2v) is 6.35. The van der Waals surface area contributed by atoms with E-state index in [1.54, 1.807) is 4.90 Å². The normalized spacial score (nSPS) is 14.7. The van der Waals surface area contributed by atoms with Gasteiger partial charge in [0.2, 0.25) is 0 Å². The number of hydrogen-bond acceptors (Lipinski definition) is 3. The third-order valence-corrected chi connectivity index (χ3v) is 3.64. The van der Waals surface area contributed by atoms with Crippen LogP contribution in [0.25, 0.3) is 0 Å². The van der Waals surface area contributed by atoms with Crippen LogP contribution in [0.5, 0.6) is 5.75 Å². The maximum Gasteiger partial charge on any atom is 0.415 e. The van der Waals surface area contributed by atoms with E-state index in [0.29, 0.717) is 13.2 Å². The van der Waals surface area contributed by atoms with Crippen LogP contribution in [-0.4, -0.2) is 24.8 Å². The lowest BCUT2D eigenvalue weighted by Crippen LogP contribution is -2.41. The maximum absolute atomic E-state index is 12.3. The minimum Gasteiger partial charge on any atom is -0.490 e. The van der Waals surface area contributed by atoms with Gasteiger partial charge in [-0.3, -0.25) is 4.90 Å². The average molecular weight is 328 g/mol. The highest BCUT2D eigenvalue weighted by Gasteiger charge is 2.30. The third kappa shape index (κ3) is 3.03. The minimum absolute atomic E-state index is 0.335. The number of halogens is 1. The molecule has 0 unspecified atom stereocenters. The highest BCUT2D eigenvalue weighted by atomic mass is 79.9. The lowest BCUT2D eigenvalue weighted by molar-refractivity contribution is 0.0567. The number of fused-ring (bicyclic) bond motifs is 1. The summed E-state index contributed by atoms with van der Waals surface area (Å²) < 4.78 is 12.0. The van der Waals surface area contributed by atoms with Crippen LogP contribution in [0.15, 0.2) is 16.6 Å². The van der Waals surface area contributed by atoms with Crippen LogP contribution >= 0.6 is 15.9 Å². The number of anilines is 1. The SMILES string of the molecule is Cc1c(Br)ccc2c1N(C(=O)OC(C)(C)C)CCO2. The molecule has 19 heavy (non-hydrogen) atoms. The molecule has 0 atom stereocenters. The molecule has 2 rings (SSSR count). The van der Waals surface area contributed by atoms with E-state index in [1.807, 2.05) is 39.8 Å². The molecule has 0 fully saturated rings. The second-order valence-electron chi connectivity index (χ2n) is 5.50. The second kappa shape index (κ2) is 5.04. The topological polar surface area (TPSA) is 38.8 Å². The fourth-order valence-corrected chi connectivity index (χ4v) is 2.28. The summed E-state index contributed by atoms with van der Waals surface area (Å²) in [6.45, 7) is 8.52. The summed E-state index contributed by atoms with van der Waals surface area (Å²) in [6.07, 6.45) is -0.335. The fraction of sp³-hybridized carbons (Fsp3) is 0.500. The van der Waals surface area contributed by atoms with Crippen molar-refractivity contribution in [3.8, 4) is 5.75 Å². The van der Waals surface area contributed by atoms with Crippen molar-refractivity contribution in [3.05, 3.63) is 22.2 Å². The molecular weight excluding hydrogens is 310 g/mol. The summed E-state index contributed by atoms with van der Waals surface area (Å²) in [5.74, 6) is 0.720. The summed E-state index contributed by atoms with van der Waals surface area (Å²) >= 11 is 3.48. The van der Waals surface area contributed by atoms with Crippen molar-refractivity contribution in [3.63, 3.8) is 0 Å². The molecule has 0 aromatic heterocycles. The summed E-state index contributed by atoms with van der Waals surface area (Å²) in [4.78, 5) is 13.9. The Morgan fingerprint density at radius 1 is 1.42 bits per heavy atom. The molecule has 1 aliphatic heterocycles. The van der Waals surface area contributed by atoms with Gasteiger partial charge in [-0.1, -0.05) is 15.9 Å². The molecule has 4 nitrogen and oxygen atoms in total. The molecule has 0 N–H and O–H groups in total. The van der Waals surface area contributed by atoms with Crippen molar-refractivity contribution in [2.45, 2.75) is 33.3 Å². The Bertz CT molecular complexity index is 508. The first kappa shape index (κ1) is 14.2. The molecule has 5 heteroatoms. The number of carbonyl (C=O) groups excluding carboxylic acids is 1. The van der Waals surface area contributed by atoms with Crippen LogP contribution in [-0.2, 0) is 4.74 Å². The first-order valence-corrected chi connectivity index (χ1v) is 7.01. The fourth-order valence-electron chi connectivity index (χ4n) is 1.96. The average Bonchev–Trinajstić information content (AvgIpc) is 2.31. The zero-order valence-electron chi connectivity index (χ0n) is 11.6. The monoisotopic (exact) mass is 327 g/mol. The van der Waals surface area contributed by atoms with E-state index in [1.165, 1.54) is 0 Å². The highest BCUT2D eigenvalue weighted by molar-refractivity contribution is 9.10. The van der Waals surface area contributed by atoms with Crippen molar-refractivity contribution < 1.29 is 14.3 Å². The first-order valence-electron chi connectivity index (χ1n) is 6.22. The van der Waals surface area contributed by atoms with E-state index in [2.05, 4.69) is 15.9 Å². The maximum atomic E-state index is 12.3. The molecule has 0 spiro atoms. The predicted octanol–water partition coefficient (Wildman–Crippen LogP) is 3.89. The van der Waals surface area contributed by atoms with Crippen molar-refractivity contribution in [2.24, 2.45) is 0 Å². The van der Waals surface area contributed by atoms with Gasteiger partial charge in [-0.25, -0.2) is 4.79 Å². The van der Waals surface area contributed by atoms with Crippen LogP contribution < -0.4 is 9.64 Å². The first-order chi connectivity index (χ1) is 8.79. The van der Waals surface area contributed by atoms with Crippen LogP contribution in [0.3, 0.4) is 0 Å². The third-order valence-electron chi connectivity index (χ3n) is 2.78. The molecule has 0 bridgehead atoms. The molecule has 1 aromatic carbocycles. The summed E-state index contributed by atoms with van der Waals surface area (Å²) in [5, 5.41) is 0. The van der Waals surface area contributed by atoms with Gasteiger partial charge >= 0.3 is 6.09 Å². The Morgan fingerprint density at radius 3 is 2.74 bits per heavy atom. The van der Waals surface area contributed by atoms with Gasteiger partial charge in [0.15, 0.2) is 0 Å². The Balaban J connectivity index is 2.37. The number of amides is 1. The van der Waals surface area contributed by atoms with Gasteiger partial charge in [0.1, 0.15) is 18.0 Å². The van der Waals surface area contributed by atoms with Gasteiger partial charge in [0, 0.05) is 4.47 Å². The Labute approximate surface area is 121 Å². The van der Waals surface area contributed by atoms with Crippen molar-refractivity contribution in [1.29, 1.82) is 0 Å². The van der Waals surface area contributed by atoms with Crippen molar-refractivity contribution >= 4 is 27.7 Å². The summed E-state index contributed by atoms with van der Waals surface area (Å²) in [6, 6.07) is 3.79. The Kier molecular flexibility index (Phi) is 3.76. The van der Waals surface area contributed by atoms with Gasteiger partial charge in [-0.15, -0.1) is 0 Å².